The second kappa shape index (κ2) is 6.45. The minimum absolute atomic E-state index is 0.383. The van der Waals surface area contributed by atoms with Gasteiger partial charge in [0, 0.05) is 17.3 Å². The maximum atomic E-state index is 12.2. The van der Waals surface area contributed by atoms with Crippen LogP contribution in [0.3, 0.4) is 0 Å². The number of halogens is 1. The van der Waals surface area contributed by atoms with E-state index in [0.717, 1.165) is 11.3 Å². The molecule has 0 unspecified atom stereocenters. The van der Waals surface area contributed by atoms with E-state index in [-0.39, 0.29) is 5.97 Å². The molecular weight excluding hydrogens is 308 g/mol. The van der Waals surface area contributed by atoms with E-state index in [1.807, 2.05) is 36.9 Å². The Bertz CT molecular complexity index is 615. The first-order chi connectivity index (χ1) is 10.0. The number of carbonyl (C=O) groups is 1. The average Bonchev–Trinajstić information content (AvgIpc) is 2.47. The number of allylic oxidation sites excluding steroid dienone is 1. The molecule has 0 aliphatic carbocycles. The van der Waals surface area contributed by atoms with E-state index in [9.17, 15) is 4.79 Å². The molecule has 0 radical (unpaired) electrons. The molecule has 21 heavy (non-hydrogen) atoms. The standard InChI is InChI=1S/C15H17ClN2O2S/c1-4-18-9(2)12(14(19)20-3)13(17-15(18)21)10-7-5-6-8-11(10)16/h5-8,13H,4H2,1-3H3,(H,17,21)/t13-/m1/s1. The number of methoxy groups -OCH3 is 1. The van der Waals surface area contributed by atoms with Crippen molar-refractivity contribution in [2.24, 2.45) is 0 Å². The summed E-state index contributed by atoms with van der Waals surface area (Å²) in [5.41, 5.74) is 2.12. The van der Waals surface area contributed by atoms with Crippen molar-refractivity contribution in [3.05, 3.63) is 46.1 Å². The first-order valence-corrected chi connectivity index (χ1v) is 7.41. The molecule has 1 atom stereocenters. The minimum atomic E-state index is -0.401. The van der Waals surface area contributed by atoms with E-state index >= 15 is 0 Å². The number of esters is 1. The van der Waals surface area contributed by atoms with Crippen LogP contribution >= 0.6 is 23.8 Å². The van der Waals surface area contributed by atoms with E-state index < -0.39 is 6.04 Å². The van der Waals surface area contributed by atoms with Crippen LogP contribution in [0.1, 0.15) is 25.5 Å². The molecule has 2 rings (SSSR count). The lowest BCUT2D eigenvalue weighted by atomic mass is 9.95. The highest BCUT2D eigenvalue weighted by atomic mass is 35.5. The van der Waals surface area contributed by atoms with Crippen LogP contribution in [0, 0.1) is 0 Å². The number of benzene rings is 1. The maximum absolute atomic E-state index is 12.2. The van der Waals surface area contributed by atoms with Gasteiger partial charge in [-0.3, -0.25) is 0 Å². The molecule has 4 nitrogen and oxygen atoms in total. The molecule has 0 fully saturated rings. The van der Waals surface area contributed by atoms with E-state index in [0.29, 0.717) is 22.3 Å². The number of nitrogens with zero attached hydrogens (tertiary/aromatic N) is 1. The molecule has 0 spiro atoms. The molecule has 6 heteroatoms. The van der Waals surface area contributed by atoms with Gasteiger partial charge in [0.1, 0.15) is 0 Å². The minimum Gasteiger partial charge on any atom is -0.466 e. The molecule has 1 aliphatic heterocycles. The smallest absolute Gasteiger partial charge is 0.337 e. The van der Waals surface area contributed by atoms with Gasteiger partial charge in [0.2, 0.25) is 0 Å². The van der Waals surface area contributed by atoms with Crippen molar-refractivity contribution in [1.29, 1.82) is 0 Å². The van der Waals surface area contributed by atoms with Crippen molar-refractivity contribution in [2.75, 3.05) is 13.7 Å². The van der Waals surface area contributed by atoms with Gasteiger partial charge < -0.3 is 15.0 Å². The fourth-order valence-electron chi connectivity index (χ4n) is 2.48. The number of ether oxygens (including phenoxy) is 1. The van der Waals surface area contributed by atoms with Crippen LogP contribution in [0.5, 0.6) is 0 Å². The highest BCUT2D eigenvalue weighted by molar-refractivity contribution is 7.80. The third-order valence-electron chi connectivity index (χ3n) is 3.53. The van der Waals surface area contributed by atoms with Gasteiger partial charge >= 0.3 is 5.97 Å². The van der Waals surface area contributed by atoms with Crippen LogP contribution in [0.2, 0.25) is 5.02 Å². The van der Waals surface area contributed by atoms with E-state index in [2.05, 4.69) is 5.32 Å². The zero-order chi connectivity index (χ0) is 15.6. The molecule has 0 amide bonds. The lowest BCUT2D eigenvalue weighted by molar-refractivity contribution is -0.136. The molecule has 1 heterocycles. The summed E-state index contributed by atoms with van der Waals surface area (Å²) in [5, 5.41) is 4.34. The van der Waals surface area contributed by atoms with E-state index in [1.165, 1.54) is 7.11 Å². The molecule has 0 saturated heterocycles. The molecule has 0 bridgehead atoms. The SMILES string of the molecule is CCN1C(=S)N[C@H](c2ccccc2Cl)C(C(=O)OC)=C1C. The Kier molecular flexibility index (Phi) is 4.85. The lowest BCUT2D eigenvalue weighted by Crippen LogP contribution is -2.47. The van der Waals surface area contributed by atoms with Crippen LogP contribution in [0.15, 0.2) is 35.5 Å². The largest absolute Gasteiger partial charge is 0.466 e. The molecule has 0 saturated carbocycles. The summed E-state index contributed by atoms with van der Waals surface area (Å²) in [7, 11) is 1.37. The summed E-state index contributed by atoms with van der Waals surface area (Å²) < 4.78 is 4.93. The lowest BCUT2D eigenvalue weighted by Gasteiger charge is -2.37. The van der Waals surface area contributed by atoms with E-state index in [4.69, 9.17) is 28.6 Å². The fourth-order valence-corrected chi connectivity index (χ4v) is 3.11. The fraction of sp³-hybridized carbons (Fsp3) is 0.333. The Morgan fingerprint density at radius 1 is 1.48 bits per heavy atom. The Morgan fingerprint density at radius 3 is 2.71 bits per heavy atom. The van der Waals surface area contributed by atoms with Crippen LogP contribution in [0.25, 0.3) is 0 Å². The molecule has 1 aliphatic rings. The molecule has 1 N–H and O–H groups in total. The third kappa shape index (κ3) is 2.89. The average molecular weight is 325 g/mol. The molecule has 112 valence electrons. The zero-order valence-electron chi connectivity index (χ0n) is 12.1. The predicted octanol–water partition coefficient (Wildman–Crippen LogP) is 3.04. The quantitative estimate of drug-likeness (QED) is 0.683. The number of carbonyl (C=O) groups excluding carboxylic acids is 1. The van der Waals surface area contributed by atoms with Crippen molar-refractivity contribution in [2.45, 2.75) is 19.9 Å². The molecule has 0 aromatic heterocycles. The van der Waals surface area contributed by atoms with Crippen molar-refractivity contribution in [1.82, 2.24) is 10.2 Å². The molecule has 1 aromatic carbocycles. The van der Waals surface area contributed by atoms with Gasteiger partial charge in [-0.2, -0.15) is 0 Å². The summed E-state index contributed by atoms with van der Waals surface area (Å²) in [5.74, 6) is -0.383. The van der Waals surface area contributed by atoms with Crippen molar-refractivity contribution in [3.63, 3.8) is 0 Å². The van der Waals surface area contributed by atoms with Crippen LogP contribution in [0.4, 0.5) is 0 Å². The van der Waals surface area contributed by atoms with Crippen LogP contribution in [-0.2, 0) is 9.53 Å². The first-order valence-electron chi connectivity index (χ1n) is 6.62. The number of thiocarbonyl (C=S) groups is 1. The summed E-state index contributed by atoms with van der Waals surface area (Å²) in [6.45, 7) is 4.52. The second-order valence-corrected chi connectivity index (χ2v) is 5.43. The van der Waals surface area contributed by atoms with Gasteiger partial charge in [0.15, 0.2) is 5.11 Å². The van der Waals surface area contributed by atoms with Gasteiger partial charge in [0.25, 0.3) is 0 Å². The summed E-state index contributed by atoms with van der Waals surface area (Å²) in [4.78, 5) is 14.1. The Hall–Kier alpha value is -1.59. The second-order valence-electron chi connectivity index (χ2n) is 4.64. The normalized spacial score (nSPS) is 18.6. The molecular formula is C15H17ClN2O2S. The Morgan fingerprint density at radius 2 is 2.14 bits per heavy atom. The van der Waals surface area contributed by atoms with Crippen molar-refractivity contribution >= 4 is 34.9 Å². The monoisotopic (exact) mass is 324 g/mol. The first kappa shape index (κ1) is 15.8. The maximum Gasteiger partial charge on any atom is 0.337 e. The van der Waals surface area contributed by atoms with Gasteiger partial charge in [-0.05, 0) is 37.7 Å². The number of hydrogen-bond donors (Lipinski definition) is 1. The highest BCUT2D eigenvalue weighted by Crippen LogP contribution is 2.34. The topological polar surface area (TPSA) is 41.6 Å². The van der Waals surface area contributed by atoms with Crippen LogP contribution in [-0.4, -0.2) is 29.6 Å². The van der Waals surface area contributed by atoms with Crippen LogP contribution < -0.4 is 5.32 Å². The van der Waals surface area contributed by atoms with Crippen molar-refractivity contribution in [3.8, 4) is 0 Å². The molecule has 1 aromatic rings. The van der Waals surface area contributed by atoms with Gasteiger partial charge in [-0.25, -0.2) is 4.79 Å². The number of hydrogen-bond acceptors (Lipinski definition) is 3. The number of nitrogens with one attached hydrogen (secondary N) is 1. The summed E-state index contributed by atoms with van der Waals surface area (Å²) in [6, 6.07) is 6.99. The van der Waals surface area contributed by atoms with E-state index in [1.54, 1.807) is 6.07 Å². The van der Waals surface area contributed by atoms with Crippen molar-refractivity contribution < 1.29 is 9.53 Å². The number of rotatable bonds is 3. The highest BCUT2D eigenvalue weighted by Gasteiger charge is 2.34. The predicted molar refractivity (Wildman–Crippen MR) is 87.0 cm³/mol. The Labute approximate surface area is 134 Å². The zero-order valence-corrected chi connectivity index (χ0v) is 13.7. The summed E-state index contributed by atoms with van der Waals surface area (Å²) in [6.07, 6.45) is 0. The summed E-state index contributed by atoms with van der Waals surface area (Å²) >= 11 is 11.6. The van der Waals surface area contributed by atoms with Gasteiger partial charge in [0.05, 0.1) is 18.7 Å². The van der Waals surface area contributed by atoms with Gasteiger partial charge in [-0.1, -0.05) is 29.8 Å². The van der Waals surface area contributed by atoms with Gasteiger partial charge in [-0.15, -0.1) is 0 Å². The Balaban J connectivity index is 2.59. The third-order valence-corrected chi connectivity index (χ3v) is 4.22.